The first-order valence-corrected chi connectivity index (χ1v) is 43.0. The van der Waals surface area contributed by atoms with Crippen molar-refractivity contribution in [1.29, 1.82) is 21.0 Å². The lowest BCUT2D eigenvalue weighted by Gasteiger charge is -2.18. The van der Waals surface area contributed by atoms with Gasteiger partial charge in [-0.15, -0.1) is 68.0 Å². The van der Waals surface area contributed by atoms with Gasteiger partial charge in [-0.1, -0.05) is 282 Å². The molecule has 15 heteroatoms. The molecular weight excluding hydrogens is 1350 g/mol. The van der Waals surface area contributed by atoms with Crippen LogP contribution >= 0.6 is 79.7 Å². The van der Waals surface area contributed by atoms with Gasteiger partial charge < -0.3 is 0 Å². The molecule has 10 aromatic rings. The van der Waals surface area contributed by atoms with Crippen LogP contribution in [0, 0.1) is 57.2 Å². The Bertz CT molecular complexity index is 4560. The number of allylic oxidation sites excluding steroid dienone is 6. The molecule has 12 rings (SSSR count). The third-order valence-corrected chi connectivity index (χ3v) is 29.8. The summed E-state index contributed by atoms with van der Waals surface area (Å²) < 4.78 is 22.8. The number of benzene rings is 3. The molecule has 0 radical (unpaired) electrons. The highest BCUT2D eigenvalue weighted by molar-refractivity contribution is 7.45. The SMILES string of the molecule is CCCCCCCCCCC(CCCCCCCC)Cc1c(/C=C2\C(=O)c3ccccc3C2=C(C#N)C#N)sc2c1sc1c2sc2c3sc4c5sc(/C=C6/C(=O)c7ccccc7C6=C(C#N)C#N)c(CC(CCCCCCCC)CCCCCCCCCC)c5sc4c3c3nsnc3c12. The van der Waals surface area contributed by atoms with Gasteiger partial charge in [0.2, 0.25) is 0 Å². The quantitative estimate of drug-likeness (QED) is 0.0210. The molecule has 0 aliphatic heterocycles. The molecule has 2 atom stereocenters. The lowest BCUT2D eigenvalue weighted by Crippen LogP contribution is -2.06. The lowest BCUT2D eigenvalue weighted by molar-refractivity contribution is 0.103. The topological polar surface area (TPSA) is 155 Å². The maximum atomic E-state index is 14.7. The number of hydrogen-bond acceptors (Lipinski definition) is 15. The van der Waals surface area contributed by atoms with E-state index in [1.165, 1.54) is 250 Å². The van der Waals surface area contributed by atoms with Crippen LogP contribution < -0.4 is 0 Å². The summed E-state index contributed by atoms with van der Waals surface area (Å²) in [4.78, 5) is 31.5. The summed E-state index contributed by atoms with van der Waals surface area (Å²) >= 11 is 12.3. The third-order valence-electron chi connectivity index (χ3n) is 21.0. The first-order valence-electron chi connectivity index (χ1n) is 37.4. The summed E-state index contributed by atoms with van der Waals surface area (Å²) in [6, 6.07) is 23.6. The van der Waals surface area contributed by atoms with E-state index in [0.717, 1.165) is 70.1 Å². The number of nitriles is 4. The van der Waals surface area contributed by atoms with E-state index in [9.17, 15) is 30.6 Å². The average molecular weight is 1440 g/mol. The van der Waals surface area contributed by atoms with Crippen LogP contribution in [0.3, 0.4) is 0 Å². The smallest absolute Gasteiger partial charge is 0.194 e. The number of carbonyl (C=O) groups is 2. The zero-order valence-electron chi connectivity index (χ0n) is 58.3. The second kappa shape index (κ2) is 34.9. The molecule has 0 saturated carbocycles. The second-order valence-corrected chi connectivity index (χ2v) is 34.6. The minimum absolute atomic E-state index is 0.0418. The van der Waals surface area contributed by atoms with E-state index in [0.29, 0.717) is 56.4 Å². The van der Waals surface area contributed by atoms with Gasteiger partial charge >= 0.3 is 0 Å². The molecule has 8 nitrogen and oxygen atoms in total. The summed E-state index contributed by atoms with van der Waals surface area (Å²) in [5.41, 5.74) is 8.43. The van der Waals surface area contributed by atoms with Crippen molar-refractivity contribution in [3.8, 4) is 24.3 Å². The van der Waals surface area contributed by atoms with Crippen molar-refractivity contribution >= 4 is 183 Å². The number of ketones is 2. The molecule has 0 spiro atoms. The monoisotopic (exact) mass is 1440 g/mol. The van der Waals surface area contributed by atoms with E-state index in [1.54, 1.807) is 22.7 Å². The molecule has 2 aliphatic carbocycles. The van der Waals surface area contributed by atoms with Gasteiger partial charge in [-0.2, -0.15) is 29.8 Å². The van der Waals surface area contributed by atoms with Crippen molar-refractivity contribution in [2.45, 2.75) is 246 Å². The number of fused-ring (bicyclic) bond motifs is 16. The van der Waals surface area contributed by atoms with Crippen LogP contribution in [0.15, 0.2) is 70.8 Å². The molecule has 512 valence electrons. The summed E-state index contributed by atoms with van der Waals surface area (Å²) in [5, 5.41) is 44.1. The van der Waals surface area contributed by atoms with E-state index >= 15 is 0 Å². The molecule has 2 unspecified atom stereocenters. The van der Waals surface area contributed by atoms with Crippen LogP contribution in [0.25, 0.3) is 92.1 Å². The number of unbranched alkanes of at least 4 members (excludes halogenated alkanes) is 24. The van der Waals surface area contributed by atoms with E-state index in [1.807, 2.05) is 106 Å². The molecule has 0 saturated heterocycles. The Morgan fingerprint density at radius 2 is 0.657 bits per heavy atom. The predicted molar refractivity (Wildman–Crippen MR) is 428 cm³/mol. The van der Waals surface area contributed by atoms with Crippen molar-refractivity contribution in [2.24, 2.45) is 11.8 Å². The molecule has 3 aromatic carbocycles. The van der Waals surface area contributed by atoms with E-state index in [2.05, 4.69) is 52.0 Å². The van der Waals surface area contributed by atoms with Crippen molar-refractivity contribution in [1.82, 2.24) is 8.75 Å². The van der Waals surface area contributed by atoms with Crippen molar-refractivity contribution in [3.05, 3.63) is 114 Å². The normalized spacial score (nSPS) is 14.5. The molecule has 0 bridgehead atoms. The zero-order valence-corrected chi connectivity index (χ0v) is 64.0. The summed E-state index contributed by atoms with van der Waals surface area (Å²) in [5.74, 6) is 0.635. The van der Waals surface area contributed by atoms with E-state index in [-0.39, 0.29) is 22.7 Å². The number of Topliss-reactive ketones (excluding diaryl/α,β-unsaturated/α-hetero) is 2. The molecular formula is C84H92N6O2S7. The van der Waals surface area contributed by atoms with Crippen molar-refractivity contribution < 1.29 is 9.59 Å². The molecule has 7 heterocycles. The summed E-state index contributed by atoms with van der Waals surface area (Å²) in [7, 11) is 0. The Hall–Kier alpha value is -6.50. The molecule has 99 heavy (non-hydrogen) atoms. The highest BCUT2D eigenvalue weighted by atomic mass is 32.1. The van der Waals surface area contributed by atoms with Crippen LogP contribution in [0.2, 0.25) is 0 Å². The van der Waals surface area contributed by atoms with Crippen molar-refractivity contribution in [2.75, 3.05) is 0 Å². The number of rotatable bonds is 38. The zero-order chi connectivity index (χ0) is 68.8. The van der Waals surface area contributed by atoms with Gasteiger partial charge in [0.05, 0.1) is 58.7 Å². The number of carbonyl (C=O) groups excluding carboxylic acids is 2. The van der Waals surface area contributed by atoms with Crippen LogP contribution in [0.1, 0.15) is 286 Å². The summed E-state index contributed by atoms with van der Waals surface area (Å²) in [6.07, 6.45) is 46.0. The summed E-state index contributed by atoms with van der Waals surface area (Å²) in [6.45, 7) is 9.13. The Kier molecular flexibility index (Phi) is 25.5. The van der Waals surface area contributed by atoms with Crippen LogP contribution in [-0.2, 0) is 12.8 Å². The molecule has 0 amide bonds. The number of nitrogens with zero attached hydrogens (tertiary/aromatic N) is 6. The van der Waals surface area contributed by atoms with Gasteiger partial charge in [-0.3, -0.25) is 9.59 Å². The largest absolute Gasteiger partial charge is 0.289 e. The standard InChI is InChI=1S/C84H92N6O2S7/c1-5-9-13-17-21-23-27-31-39-53(37-29-25-19-15-11-7-3)45-61-65(47-63-67(55(49-85)50-86)57-41-33-35-43-59(57)73(63)91)93-81-75(61)95-79-69-71-72(90-99-89-71)70-78(77(69)97-83(79)81)98-84-80(70)96-76-62(46-54(38-30-26-20-16-12-8-4)40-32-28-24-22-18-14-10-6-2)66(94-82(76)84)48-64-68(56(51-87)52-88)58-42-34-36-44-60(58)74(64)92/h33-36,41-44,47-48,53-54H,5-32,37-40,45-46H2,1-4H3/b63-47-,64-48+. The lowest BCUT2D eigenvalue weighted by atomic mass is 9.88. The van der Waals surface area contributed by atoms with Crippen LogP contribution in [0.4, 0.5) is 0 Å². The van der Waals surface area contributed by atoms with Crippen molar-refractivity contribution in [3.63, 3.8) is 0 Å². The van der Waals surface area contributed by atoms with Gasteiger partial charge in [0, 0.05) is 53.9 Å². The molecule has 0 fully saturated rings. The van der Waals surface area contributed by atoms with Gasteiger partial charge in [0.1, 0.15) is 46.5 Å². The van der Waals surface area contributed by atoms with Crippen LogP contribution in [-0.4, -0.2) is 20.3 Å². The second-order valence-electron chi connectivity index (χ2n) is 27.9. The fraction of sp³-hybridized carbons (Fsp3) is 0.476. The minimum atomic E-state index is -0.145. The maximum Gasteiger partial charge on any atom is 0.194 e. The minimum Gasteiger partial charge on any atom is -0.289 e. The predicted octanol–water partition coefficient (Wildman–Crippen LogP) is 28.0. The Balaban J connectivity index is 0.998. The van der Waals surface area contributed by atoms with Crippen LogP contribution in [0.5, 0.6) is 0 Å². The highest BCUT2D eigenvalue weighted by Crippen LogP contribution is 2.59. The fourth-order valence-electron chi connectivity index (χ4n) is 15.7. The van der Waals surface area contributed by atoms with Gasteiger partial charge in [-0.25, -0.2) is 0 Å². The third kappa shape index (κ3) is 15.5. The number of hydrogen-bond donors (Lipinski definition) is 0. The van der Waals surface area contributed by atoms with Gasteiger partial charge in [0.15, 0.2) is 11.6 Å². The Morgan fingerprint density at radius 3 is 0.980 bits per heavy atom. The van der Waals surface area contributed by atoms with Gasteiger partial charge in [0.25, 0.3) is 0 Å². The number of thiophene rings is 6. The Morgan fingerprint density at radius 1 is 0.374 bits per heavy atom. The average Bonchev–Trinajstić information content (AvgIpc) is 1.53. The Labute approximate surface area is 613 Å². The van der Waals surface area contributed by atoms with E-state index in [4.69, 9.17) is 8.75 Å². The number of aromatic nitrogens is 2. The first kappa shape index (κ1) is 72.3. The highest BCUT2D eigenvalue weighted by Gasteiger charge is 2.36. The fourth-order valence-corrected chi connectivity index (χ4v) is 25.3. The molecule has 7 aromatic heterocycles. The van der Waals surface area contributed by atoms with E-state index < -0.39 is 0 Å². The molecule has 2 aliphatic rings. The molecule has 0 N–H and O–H groups in total. The maximum absolute atomic E-state index is 14.7. The first-order chi connectivity index (χ1) is 48.7. The van der Waals surface area contributed by atoms with Gasteiger partial charge in [-0.05, 0) is 59.1 Å².